The predicted molar refractivity (Wildman–Crippen MR) is 86.7 cm³/mol. The highest BCUT2D eigenvalue weighted by atomic mass is 16.5. The molecule has 0 aromatic heterocycles. The van der Waals surface area contributed by atoms with Gasteiger partial charge in [0.15, 0.2) is 5.78 Å². The maximum Gasteiger partial charge on any atom is 0.228 e. The van der Waals surface area contributed by atoms with Crippen molar-refractivity contribution in [3.8, 4) is 0 Å². The Hall–Kier alpha value is -1.16. The van der Waals surface area contributed by atoms with Crippen LogP contribution in [-0.4, -0.2) is 24.0 Å². The summed E-state index contributed by atoms with van der Waals surface area (Å²) in [6.07, 6.45) is 7.01. The van der Waals surface area contributed by atoms with Crippen molar-refractivity contribution in [2.75, 3.05) is 0 Å². The fourth-order valence-electron chi connectivity index (χ4n) is 8.22. The second-order valence-electron chi connectivity index (χ2n) is 9.57. The summed E-state index contributed by atoms with van der Waals surface area (Å²) in [6, 6.07) is 0. The number of nitrogens with one attached hydrogen (secondary N) is 1. The first kappa shape index (κ1) is 14.1. The predicted octanol–water partition coefficient (Wildman–Crippen LogP) is 2.58. The van der Waals surface area contributed by atoms with E-state index in [9.17, 15) is 9.59 Å². The van der Waals surface area contributed by atoms with E-state index in [1.807, 2.05) is 0 Å². The van der Waals surface area contributed by atoms with Gasteiger partial charge in [-0.3, -0.25) is 9.59 Å². The van der Waals surface area contributed by atoms with E-state index in [0.29, 0.717) is 23.5 Å². The first-order chi connectivity index (χ1) is 11.4. The van der Waals surface area contributed by atoms with Crippen molar-refractivity contribution >= 4 is 11.7 Å². The van der Waals surface area contributed by atoms with Crippen molar-refractivity contribution in [3.05, 3.63) is 12.2 Å². The van der Waals surface area contributed by atoms with Gasteiger partial charge in [0.2, 0.25) is 5.91 Å². The standard InChI is InChI=1S/C20H25NO3/c1-10-11-4-7-20(15(10)22)13(8-11)19-6-3-5-18(2)12(19)9-14(20)24-17(19)21-16(18)23/h11-14,17H,1,3-9H2,2H3,(H,21,23)/t11-,12?,13?,14+,17?,18+,19-,20+/m0/s1. The minimum atomic E-state index is -0.334. The number of piperidine rings is 1. The lowest BCUT2D eigenvalue weighted by Gasteiger charge is -2.76. The molecule has 0 radical (unpaired) electrons. The van der Waals surface area contributed by atoms with Crippen LogP contribution >= 0.6 is 0 Å². The highest BCUT2D eigenvalue weighted by Gasteiger charge is 2.79. The number of hydrogen-bond acceptors (Lipinski definition) is 3. The van der Waals surface area contributed by atoms with Crippen LogP contribution in [0.15, 0.2) is 12.2 Å². The Morgan fingerprint density at radius 3 is 2.83 bits per heavy atom. The normalized spacial score (nSPS) is 60.0. The molecule has 2 spiro atoms. The highest BCUT2D eigenvalue weighted by molar-refractivity contribution is 6.02. The SMILES string of the molecule is C=C1C(=O)[C@]23CC[C@H]1CC2[C@@]12CCC[C@@]4(C)C(=O)NC1O[C@@H]3CC24. The van der Waals surface area contributed by atoms with E-state index in [0.717, 1.165) is 50.5 Å². The van der Waals surface area contributed by atoms with E-state index < -0.39 is 0 Å². The van der Waals surface area contributed by atoms with Crippen LogP contribution < -0.4 is 5.32 Å². The lowest BCUT2D eigenvalue weighted by Crippen LogP contribution is -2.82. The lowest BCUT2D eigenvalue weighted by molar-refractivity contribution is -0.343. The fourth-order valence-corrected chi connectivity index (χ4v) is 8.22. The molecule has 3 saturated heterocycles. The first-order valence-electron chi connectivity index (χ1n) is 9.64. The summed E-state index contributed by atoms with van der Waals surface area (Å²) in [5.74, 6) is 1.61. The molecule has 4 heteroatoms. The summed E-state index contributed by atoms with van der Waals surface area (Å²) < 4.78 is 6.46. The molecule has 5 aliphatic carbocycles. The maximum atomic E-state index is 13.3. The van der Waals surface area contributed by atoms with Crippen LogP contribution in [0, 0.1) is 34.0 Å². The number of fused-ring (bicyclic) bond motifs is 2. The number of carbonyl (C=O) groups excluding carboxylic acids is 2. The number of hydrogen-bond donors (Lipinski definition) is 1. The molecule has 8 rings (SSSR count). The van der Waals surface area contributed by atoms with Gasteiger partial charge in [0.1, 0.15) is 6.23 Å². The first-order valence-corrected chi connectivity index (χ1v) is 9.64. The third-order valence-corrected chi connectivity index (χ3v) is 9.22. The van der Waals surface area contributed by atoms with Gasteiger partial charge in [-0.25, -0.2) is 0 Å². The molecule has 3 aliphatic heterocycles. The Bertz CT molecular complexity index is 716. The largest absolute Gasteiger partial charge is 0.354 e. The Morgan fingerprint density at radius 1 is 1.17 bits per heavy atom. The third-order valence-electron chi connectivity index (χ3n) is 9.22. The van der Waals surface area contributed by atoms with Gasteiger partial charge in [0.25, 0.3) is 0 Å². The zero-order chi connectivity index (χ0) is 16.5. The van der Waals surface area contributed by atoms with E-state index in [2.05, 4.69) is 18.8 Å². The highest BCUT2D eigenvalue weighted by Crippen LogP contribution is 2.76. The second-order valence-corrected chi connectivity index (χ2v) is 9.57. The number of Topliss-reactive ketones (excluding diaryl/α,β-unsaturated/α-hetero) is 1. The number of ketones is 1. The van der Waals surface area contributed by atoms with Gasteiger partial charge in [-0.2, -0.15) is 0 Å². The average Bonchev–Trinajstić information content (AvgIpc) is 2.58. The van der Waals surface area contributed by atoms with Crippen molar-refractivity contribution in [1.29, 1.82) is 0 Å². The van der Waals surface area contributed by atoms with Crippen molar-refractivity contribution < 1.29 is 14.3 Å². The molecule has 8 atom stereocenters. The molecule has 1 amide bonds. The Balaban J connectivity index is 1.58. The third kappa shape index (κ3) is 1.14. The van der Waals surface area contributed by atoms with Crippen molar-refractivity contribution in [2.45, 2.75) is 64.2 Å². The Kier molecular flexibility index (Phi) is 2.24. The minimum Gasteiger partial charge on any atom is -0.354 e. The van der Waals surface area contributed by atoms with Crippen LogP contribution in [0.2, 0.25) is 0 Å². The van der Waals surface area contributed by atoms with E-state index in [1.54, 1.807) is 0 Å². The van der Waals surface area contributed by atoms with Crippen molar-refractivity contribution in [1.82, 2.24) is 5.32 Å². The van der Waals surface area contributed by atoms with Crippen LogP contribution in [0.3, 0.4) is 0 Å². The number of allylic oxidation sites excluding steroid dienone is 1. The quantitative estimate of drug-likeness (QED) is 0.696. The fraction of sp³-hybridized carbons (Fsp3) is 0.800. The zero-order valence-electron chi connectivity index (χ0n) is 14.3. The molecule has 8 fully saturated rings. The van der Waals surface area contributed by atoms with Crippen LogP contribution in [-0.2, 0) is 14.3 Å². The monoisotopic (exact) mass is 327 g/mol. The van der Waals surface area contributed by atoms with Crippen LogP contribution in [0.1, 0.15) is 51.9 Å². The van der Waals surface area contributed by atoms with Crippen LogP contribution in [0.4, 0.5) is 0 Å². The number of carbonyl (C=O) groups is 2. The van der Waals surface area contributed by atoms with Crippen molar-refractivity contribution in [2.24, 2.45) is 34.0 Å². The number of amides is 1. The maximum absolute atomic E-state index is 13.3. The summed E-state index contributed by atoms with van der Waals surface area (Å²) >= 11 is 0. The molecular formula is C20H25NO3. The van der Waals surface area contributed by atoms with Gasteiger partial charge < -0.3 is 10.1 Å². The van der Waals surface area contributed by atoms with Gasteiger partial charge in [0.05, 0.1) is 16.9 Å². The molecule has 7 bridgehead atoms. The summed E-state index contributed by atoms with van der Waals surface area (Å²) in [5.41, 5.74) is 0.233. The van der Waals surface area contributed by atoms with Crippen LogP contribution in [0.25, 0.3) is 0 Å². The van der Waals surface area contributed by atoms with Crippen LogP contribution in [0.5, 0.6) is 0 Å². The van der Waals surface area contributed by atoms with Gasteiger partial charge in [-0.15, -0.1) is 0 Å². The van der Waals surface area contributed by atoms with Crippen molar-refractivity contribution in [3.63, 3.8) is 0 Å². The molecule has 0 aromatic rings. The minimum absolute atomic E-state index is 0.0231. The number of ether oxygens (including phenoxy) is 1. The van der Waals surface area contributed by atoms with E-state index >= 15 is 0 Å². The molecule has 128 valence electrons. The molecule has 24 heavy (non-hydrogen) atoms. The summed E-state index contributed by atoms with van der Waals surface area (Å²) in [6.45, 7) is 6.31. The lowest BCUT2D eigenvalue weighted by atomic mass is 9.33. The molecule has 5 saturated carbocycles. The molecule has 8 aliphatic rings. The molecule has 4 nitrogen and oxygen atoms in total. The number of rotatable bonds is 0. The Morgan fingerprint density at radius 2 is 2.00 bits per heavy atom. The van der Waals surface area contributed by atoms with E-state index in [1.165, 1.54) is 0 Å². The molecule has 0 aromatic carbocycles. The molecular weight excluding hydrogens is 302 g/mol. The average molecular weight is 327 g/mol. The molecule has 3 unspecified atom stereocenters. The summed E-state index contributed by atoms with van der Waals surface area (Å²) in [7, 11) is 0. The molecule has 3 heterocycles. The smallest absolute Gasteiger partial charge is 0.228 e. The van der Waals surface area contributed by atoms with Gasteiger partial charge in [-0.05, 0) is 61.9 Å². The Labute approximate surface area is 142 Å². The molecule has 1 N–H and O–H groups in total. The van der Waals surface area contributed by atoms with Gasteiger partial charge in [0, 0.05) is 5.41 Å². The van der Waals surface area contributed by atoms with E-state index in [4.69, 9.17) is 4.74 Å². The topological polar surface area (TPSA) is 55.4 Å². The van der Waals surface area contributed by atoms with Gasteiger partial charge >= 0.3 is 0 Å². The summed E-state index contributed by atoms with van der Waals surface area (Å²) in [4.78, 5) is 26.1. The summed E-state index contributed by atoms with van der Waals surface area (Å²) in [5, 5.41) is 3.23. The van der Waals surface area contributed by atoms with Gasteiger partial charge in [-0.1, -0.05) is 19.9 Å². The van der Waals surface area contributed by atoms with E-state index in [-0.39, 0.29) is 34.5 Å². The zero-order valence-corrected chi connectivity index (χ0v) is 14.3. The second kappa shape index (κ2) is 3.82.